The molecule has 2 unspecified atom stereocenters. The summed E-state index contributed by atoms with van der Waals surface area (Å²) in [5.41, 5.74) is 1.30. The highest BCUT2D eigenvalue weighted by atomic mass is 32.2. The van der Waals surface area contributed by atoms with Gasteiger partial charge in [0.25, 0.3) is 0 Å². The van der Waals surface area contributed by atoms with Gasteiger partial charge in [-0.15, -0.1) is 0 Å². The zero-order chi connectivity index (χ0) is 14.9. The number of imidazole rings is 1. The number of primary sulfonamides is 1. The molecule has 2 aromatic heterocycles. The molecular formula is C13H19N3O3S. The highest BCUT2D eigenvalue weighted by molar-refractivity contribution is 7.89. The number of hydrogen-bond acceptors (Lipinski definition) is 4. The smallest absolute Gasteiger partial charge is 0.214 e. The van der Waals surface area contributed by atoms with Gasteiger partial charge in [-0.2, -0.15) is 0 Å². The molecule has 0 aliphatic heterocycles. The van der Waals surface area contributed by atoms with E-state index in [0.29, 0.717) is 5.69 Å². The van der Waals surface area contributed by atoms with Crippen LogP contribution in [0.3, 0.4) is 0 Å². The first-order valence-corrected chi connectivity index (χ1v) is 8.00. The van der Waals surface area contributed by atoms with Crippen molar-refractivity contribution in [3.63, 3.8) is 0 Å². The Morgan fingerprint density at radius 2 is 2.00 bits per heavy atom. The zero-order valence-electron chi connectivity index (χ0n) is 11.7. The second-order valence-electron chi connectivity index (χ2n) is 5.03. The number of aromatic nitrogens is 2. The van der Waals surface area contributed by atoms with Gasteiger partial charge < -0.3 is 9.14 Å². The van der Waals surface area contributed by atoms with Crippen LogP contribution in [0, 0.1) is 0 Å². The lowest BCUT2D eigenvalue weighted by molar-refractivity contribution is 0.00436. The zero-order valence-corrected chi connectivity index (χ0v) is 12.5. The number of ether oxygens (including phenoxy) is 1. The summed E-state index contributed by atoms with van der Waals surface area (Å²) in [5.74, 6) is 0. The number of nitrogens with zero attached hydrogens (tertiary/aromatic N) is 2. The average molecular weight is 297 g/mol. The van der Waals surface area contributed by atoms with Crippen LogP contribution in [-0.4, -0.2) is 29.2 Å². The second-order valence-corrected chi connectivity index (χ2v) is 6.95. The summed E-state index contributed by atoms with van der Waals surface area (Å²) >= 11 is 0. The lowest BCUT2D eigenvalue weighted by Crippen LogP contribution is -2.34. The van der Waals surface area contributed by atoms with Crippen molar-refractivity contribution in [2.45, 2.75) is 38.2 Å². The SMILES string of the molecule is CC(C)OC(c1cn2ccccc2n1)C(C)S(N)(=O)=O. The van der Waals surface area contributed by atoms with Gasteiger partial charge in [-0.25, -0.2) is 18.5 Å². The van der Waals surface area contributed by atoms with Gasteiger partial charge in [-0.05, 0) is 32.9 Å². The van der Waals surface area contributed by atoms with Crippen molar-refractivity contribution >= 4 is 15.7 Å². The summed E-state index contributed by atoms with van der Waals surface area (Å²) < 4.78 is 30.8. The van der Waals surface area contributed by atoms with Crippen LogP contribution in [-0.2, 0) is 14.8 Å². The molecule has 0 spiro atoms. The average Bonchev–Trinajstić information content (AvgIpc) is 2.77. The van der Waals surface area contributed by atoms with Gasteiger partial charge in [0.1, 0.15) is 17.0 Å². The van der Waals surface area contributed by atoms with E-state index in [1.54, 1.807) is 6.20 Å². The van der Waals surface area contributed by atoms with Gasteiger partial charge in [0.2, 0.25) is 10.0 Å². The maximum Gasteiger partial charge on any atom is 0.214 e. The maximum absolute atomic E-state index is 11.6. The van der Waals surface area contributed by atoms with Crippen LogP contribution in [0.25, 0.3) is 5.65 Å². The van der Waals surface area contributed by atoms with Crippen LogP contribution < -0.4 is 5.14 Å². The predicted octanol–water partition coefficient (Wildman–Crippen LogP) is 1.48. The van der Waals surface area contributed by atoms with Gasteiger partial charge in [0.05, 0.1) is 11.8 Å². The summed E-state index contributed by atoms with van der Waals surface area (Å²) in [6.07, 6.45) is 2.79. The first kappa shape index (κ1) is 15.0. The lowest BCUT2D eigenvalue weighted by atomic mass is 10.2. The summed E-state index contributed by atoms with van der Waals surface area (Å²) in [5, 5.41) is 4.38. The van der Waals surface area contributed by atoms with Crippen molar-refractivity contribution < 1.29 is 13.2 Å². The molecule has 0 amide bonds. The molecule has 2 heterocycles. The molecule has 2 aromatic rings. The fraction of sp³-hybridized carbons (Fsp3) is 0.462. The Balaban J connectivity index is 2.45. The molecule has 0 saturated heterocycles. The highest BCUT2D eigenvalue weighted by Crippen LogP contribution is 2.26. The standard InChI is InChI=1S/C13H19N3O3S/c1-9(2)19-13(10(3)20(14,17)18)11-8-16-7-5-4-6-12(16)15-11/h4-10,13H,1-3H3,(H2,14,17,18). The molecule has 110 valence electrons. The molecule has 20 heavy (non-hydrogen) atoms. The summed E-state index contributed by atoms with van der Waals surface area (Å²) in [6, 6.07) is 5.59. The Bertz CT molecular complexity index is 661. The third-order valence-corrected chi connectivity index (χ3v) is 4.32. The minimum absolute atomic E-state index is 0.131. The molecular weight excluding hydrogens is 278 g/mol. The first-order valence-electron chi connectivity index (χ1n) is 6.39. The van der Waals surface area contributed by atoms with Crippen LogP contribution in [0.4, 0.5) is 0 Å². The minimum atomic E-state index is -3.71. The second kappa shape index (κ2) is 5.51. The van der Waals surface area contributed by atoms with E-state index in [1.807, 2.05) is 42.6 Å². The largest absolute Gasteiger partial charge is 0.368 e. The van der Waals surface area contributed by atoms with Crippen LogP contribution in [0.5, 0.6) is 0 Å². The Hall–Kier alpha value is -1.44. The fourth-order valence-electron chi connectivity index (χ4n) is 1.98. The third kappa shape index (κ3) is 3.17. The monoisotopic (exact) mass is 297 g/mol. The van der Waals surface area contributed by atoms with Gasteiger partial charge in [0.15, 0.2) is 0 Å². The quantitative estimate of drug-likeness (QED) is 0.905. The Morgan fingerprint density at radius 1 is 1.30 bits per heavy atom. The van der Waals surface area contributed by atoms with E-state index in [0.717, 1.165) is 5.65 Å². The number of sulfonamides is 1. The number of pyridine rings is 1. The van der Waals surface area contributed by atoms with Crippen molar-refractivity contribution in [3.05, 3.63) is 36.3 Å². The fourth-order valence-corrected chi connectivity index (χ4v) is 2.53. The molecule has 2 rings (SSSR count). The number of nitrogens with two attached hydrogens (primary N) is 1. The molecule has 0 aliphatic carbocycles. The van der Waals surface area contributed by atoms with E-state index in [4.69, 9.17) is 9.88 Å². The van der Waals surface area contributed by atoms with Gasteiger partial charge in [0, 0.05) is 12.4 Å². The summed E-state index contributed by atoms with van der Waals surface area (Å²) in [7, 11) is -3.71. The number of hydrogen-bond donors (Lipinski definition) is 1. The van der Waals surface area contributed by atoms with E-state index in [-0.39, 0.29) is 6.10 Å². The summed E-state index contributed by atoms with van der Waals surface area (Å²) in [6.45, 7) is 5.23. The molecule has 7 heteroatoms. The minimum Gasteiger partial charge on any atom is -0.368 e. The number of rotatable bonds is 5. The van der Waals surface area contributed by atoms with Crippen molar-refractivity contribution in [1.82, 2.24) is 9.38 Å². The van der Waals surface area contributed by atoms with Crippen LogP contribution >= 0.6 is 0 Å². The molecule has 6 nitrogen and oxygen atoms in total. The van der Waals surface area contributed by atoms with Crippen LogP contribution in [0.2, 0.25) is 0 Å². The van der Waals surface area contributed by atoms with Crippen molar-refractivity contribution in [3.8, 4) is 0 Å². The number of fused-ring (bicyclic) bond motifs is 1. The maximum atomic E-state index is 11.6. The molecule has 0 saturated carbocycles. The van der Waals surface area contributed by atoms with Crippen LogP contribution in [0.15, 0.2) is 30.6 Å². The first-order chi connectivity index (χ1) is 9.29. The molecule has 0 radical (unpaired) electrons. The molecule has 0 fully saturated rings. The Kier molecular flexibility index (Phi) is 4.12. The van der Waals surface area contributed by atoms with Gasteiger partial charge >= 0.3 is 0 Å². The predicted molar refractivity (Wildman–Crippen MR) is 76.7 cm³/mol. The Morgan fingerprint density at radius 3 is 2.55 bits per heavy atom. The normalized spacial score (nSPS) is 15.7. The van der Waals surface area contributed by atoms with Crippen molar-refractivity contribution in [2.24, 2.45) is 5.14 Å². The Labute approximate surface area is 118 Å². The molecule has 2 N–H and O–H groups in total. The van der Waals surface area contributed by atoms with Gasteiger partial charge in [-0.1, -0.05) is 6.07 Å². The van der Waals surface area contributed by atoms with Crippen LogP contribution in [0.1, 0.15) is 32.6 Å². The lowest BCUT2D eigenvalue weighted by Gasteiger charge is -2.23. The molecule has 0 aliphatic rings. The topological polar surface area (TPSA) is 86.7 Å². The molecule has 0 bridgehead atoms. The molecule has 0 aromatic carbocycles. The molecule has 2 atom stereocenters. The van der Waals surface area contributed by atoms with Crippen molar-refractivity contribution in [1.29, 1.82) is 0 Å². The summed E-state index contributed by atoms with van der Waals surface area (Å²) in [4.78, 5) is 4.42. The van der Waals surface area contributed by atoms with E-state index >= 15 is 0 Å². The van der Waals surface area contributed by atoms with E-state index in [1.165, 1.54) is 6.92 Å². The van der Waals surface area contributed by atoms with E-state index < -0.39 is 21.4 Å². The van der Waals surface area contributed by atoms with E-state index in [2.05, 4.69) is 4.98 Å². The van der Waals surface area contributed by atoms with Crippen molar-refractivity contribution in [2.75, 3.05) is 0 Å². The highest BCUT2D eigenvalue weighted by Gasteiger charge is 2.31. The van der Waals surface area contributed by atoms with Gasteiger partial charge in [-0.3, -0.25) is 0 Å². The van der Waals surface area contributed by atoms with E-state index in [9.17, 15) is 8.42 Å². The third-order valence-electron chi connectivity index (χ3n) is 3.04.